The Balaban J connectivity index is 0.00000116. The van der Waals surface area contributed by atoms with E-state index in [-0.39, 0.29) is 6.61 Å². The lowest BCUT2D eigenvalue weighted by atomic mass is 10.1. The van der Waals surface area contributed by atoms with E-state index in [0.717, 1.165) is 11.1 Å². The predicted molar refractivity (Wildman–Crippen MR) is 83.9 cm³/mol. The molecule has 0 aliphatic carbocycles. The molecule has 1 aromatic rings. The van der Waals surface area contributed by atoms with Gasteiger partial charge >= 0.3 is 5.97 Å². The van der Waals surface area contributed by atoms with Crippen molar-refractivity contribution in [3.63, 3.8) is 0 Å². The molecule has 122 valence electrons. The maximum atomic E-state index is 11.4. The van der Waals surface area contributed by atoms with Gasteiger partial charge in [0.1, 0.15) is 6.61 Å². The number of nitrogens with zero attached hydrogens (tertiary/aromatic N) is 1. The minimum absolute atomic E-state index is 0.190. The van der Waals surface area contributed by atoms with Crippen molar-refractivity contribution < 1.29 is 23.7 Å². The van der Waals surface area contributed by atoms with Gasteiger partial charge in [0.15, 0.2) is 17.5 Å². The quantitative estimate of drug-likeness (QED) is 0.799. The summed E-state index contributed by atoms with van der Waals surface area (Å²) >= 11 is 0. The van der Waals surface area contributed by atoms with E-state index in [9.17, 15) is 4.79 Å². The molecule has 0 radical (unpaired) electrons. The van der Waals surface area contributed by atoms with Crippen molar-refractivity contribution in [1.82, 2.24) is 0 Å². The molecule has 1 aliphatic rings. The summed E-state index contributed by atoms with van der Waals surface area (Å²) in [5.74, 6) is 1.26. The van der Waals surface area contributed by atoms with Crippen molar-refractivity contribution >= 4 is 11.9 Å². The highest BCUT2D eigenvalue weighted by Crippen LogP contribution is 2.32. The molecular weight excluding hydrogens is 286 g/mol. The number of methoxy groups -OCH3 is 3. The van der Waals surface area contributed by atoms with Crippen molar-refractivity contribution in [3.8, 4) is 11.5 Å². The van der Waals surface area contributed by atoms with Gasteiger partial charge in [0.25, 0.3) is 0 Å². The van der Waals surface area contributed by atoms with Gasteiger partial charge in [-0.05, 0) is 24.6 Å². The van der Waals surface area contributed by atoms with Crippen LogP contribution in [0.5, 0.6) is 11.5 Å². The monoisotopic (exact) mass is 309 g/mol. The second-order valence-corrected chi connectivity index (χ2v) is 4.31. The summed E-state index contributed by atoms with van der Waals surface area (Å²) in [6.07, 6.45) is 0. The fourth-order valence-corrected chi connectivity index (χ4v) is 2.07. The first-order chi connectivity index (χ1) is 10.6. The van der Waals surface area contributed by atoms with E-state index in [1.807, 2.05) is 26.8 Å². The molecule has 6 nitrogen and oxygen atoms in total. The fraction of sp³-hybridized carbons (Fsp3) is 0.500. The Morgan fingerprint density at radius 2 is 1.91 bits per heavy atom. The number of carbonyl (C=O) groups excluding carboxylic acids is 1. The molecule has 2 rings (SSSR count). The van der Waals surface area contributed by atoms with Crippen LogP contribution < -0.4 is 9.47 Å². The van der Waals surface area contributed by atoms with Gasteiger partial charge in [-0.3, -0.25) is 0 Å². The van der Waals surface area contributed by atoms with E-state index in [0.29, 0.717) is 17.4 Å². The fourth-order valence-electron chi connectivity index (χ4n) is 2.07. The number of carbonyl (C=O) groups is 1. The molecule has 0 aromatic heterocycles. The van der Waals surface area contributed by atoms with Crippen molar-refractivity contribution in [3.05, 3.63) is 23.3 Å². The molecule has 0 bridgehead atoms. The van der Waals surface area contributed by atoms with Gasteiger partial charge in [-0.2, -0.15) is 0 Å². The van der Waals surface area contributed by atoms with E-state index in [1.165, 1.54) is 7.11 Å². The predicted octanol–water partition coefficient (Wildman–Crippen LogP) is 2.36. The first-order valence-electron chi connectivity index (χ1n) is 7.12. The SMILES string of the molecule is CC.COC(=O)C1COC(c2cc(C)c(OC)c(OC)c2)=N1. The van der Waals surface area contributed by atoms with Crippen LogP contribution in [0.2, 0.25) is 0 Å². The van der Waals surface area contributed by atoms with E-state index in [1.54, 1.807) is 20.3 Å². The molecule has 0 saturated carbocycles. The molecule has 0 saturated heterocycles. The van der Waals surface area contributed by atoms with Gasteiger partial charge < -0.3 is 18.9 Å². The van der Waals surface area contributed by atoms with Crippen LogP contribution >= 0.6 is 0 Å². The number of hydrogen-bond donors (Lipinski definition) is 0. The molecule has 0 N–H and O–H groups in total. The van der Waals surface area contributed by atoms with Crippen LogP contribution in [0.25, 0.3) is 0 Å². The number of esters is 1. The van der Waals surface area contributed by atoms with Crippen molar-refractivity contribution in [2.75, 3.05) is 27.9 Å². The summed E-state index contributed by atoms with van der Waals surface area (Å²) in [4.78, 5) is 15.7. The molecular formula is C16H23NO5. The van der Waals surface area contributed by atoms with E-state index in [2.05, 4.69) is 9.73 Å². The minimum Gasteiger partial charge on any atom is -0.493 e. The first-order valence-corrected chi connectivity index (χ1v) is 7.12. The van der Waals surface area contributed by atoms with Gasteiger partial charge in [0.2, 0.25) is 5.90 Å². The standard InChI is InChI=1S/C14H17NO5.C2H6/c1-8-5-9(6-11(17-2)12(8)18-3)13-15-10(7-20-13)14(16)19-4;1-2/h5-6,10H,7H2,1-4H3;1-2H3. The van der Waals surface area contributed by atoms with Crippen LogP contribution in [0.4, 0.5) is 0 Å². The summed E-state index contributed by atoms with van der Waals surface area (Å²) in [6.45, 7) is 6.09. The molecule has 6 heteroatoms. The number of hydrogen-bond acceptors (Lipinski definition) is 6. The summed E-state index contributed by atoms with van der Waals surface area (Å²) in [6, 6.07) is 3.04. The van der Waals surface area contributed by atoms with Crippen LogP contribution in [0, 0.1) is 6.92 Å². The van der Waals surface area contributed by atoms with Crippen LogP contribution in [0.1, 0.15) is 25.0 Å². The third-order valence-corrected chi connectivity index (χ3v) is 3.04. The number of rotatable bonds is 4. The molecule has 1 atom stereocenters. The number of ether oxygens (including phenoxy) is 4. The average Bonchev–Trinajstić information content (AvgIpc) is 3.05. The molecule has 1 heterocycles. The Hall–Kier alpha value is -2.24. The number of benzene rings is 1. The van der Waals surface area contributed by atoms with Gasteiger partial charge in [0, 0.05) is 5.56 Å². The Labute approximate surface area is 131 Å². The lowest BCUT2D eigenvalue weighted by molar-refractivity contribution is -0.142. The molecule has 0 spiro atoms. The topological polar surface area (TPSA) is 66.4 Å². The Bertz CT molecular complexity index is 554. The van der Waals surface area contributed by atoms with E-state index in [4.69, 9.17) is 14.2 Å². The van der Waals surface area contributed by atoms with Crippen LogP contribution in [0.15, 0.2) is 17.1 Å². The summed E-state index contributed by atoms with van der Waals surface area (Å²) in [5.41, 5.74) is 1.64. The largest absolute Gasteiger partial charge is 0.493 e. The van der Waals surface area contributed by atoms with Gasteiger partial charge in [0.05, 0.1) is 21.3 Å². The number of aryl methyl sites for hydroxylation is 1. The second kappa shape index (κ2) is 8.26. The molecule has 1 aliphatic heterocycles. The van der Waals surface area contributed by atoms with Gasteiger partial charge in [-0.1, -0.05) is 13.8 Å². The zero-order valence-corrected chi connectivity index (χ0v) is 13.9. The highest BCUT2D eigenvalue weighted by Gasteiger charge is 2.28. The van der Waals surface area contributed by atoms with Crippen LogP contribution in [-0.2, 0) is 14.3 Å². The molecule has 1 unspecified atom stereocenters. The zero-order chi connectivity index (χ0) is 16.7. The lowest BCUT2D eigenvalue weighted by Crippen LogP contribution is -2.21. The summed E-state index contributed by atoms with van der Waals surface area (Å²) < 4.78 is 20.7. The molecule has 0 fully saturated rings. The van der Waals surface area contributed by atoms with Gasteiger partial charge in [-0.15, -0.1) is 0 Å². The maximum absolute atomic E-state index is 11.4. The Morgan fingerprint density at radius 1 is 1.23 bits per heavy atom. The Morgan fingerprint density at radius 3 is 2.45 bits per heavy atom. The zero-order valence-electron chi connectivity index (χ0n) is 13.9. The summed E-state index contributed by atoms with van der Waals surface area (Å²) in [5, 5.41) is 0. The van der Waals surface area contributed by atoms with E-state index < -0.39 is 12.0 Å². The first kappa shape index (κ1) is 17.8. The average molecular weight is 309 g/mol. The highest BCUT2D eigenvalue weighted by molar-refractivity contribution is 5.98. The lowest BCUT2D eigenvalue weighted by Gasteiger charge is -2.12. The smallest absolute Gasteiger partial charge is 0.334 e. The third-order valence-electron chi connectivity index (χ3n) is 3.04. The van der Waals surface area contributed by atoms with Crippen molar-refractivity contribution in [2.24, 2.45) is 4.99 Å². The molecule has 0 amide bonds. The molecule has 22 heavy (non-hydrogen) atoms. The maximum Gasteiger partial charge on any atom is 0.334 e. The van der Waals surface area contributed by atoms with E-state index >= 15 is 0 Å². The van der Waals surface area contributed by atoms with Crippen LogP contribution in [-0.4, -0.2) is 45.8 Å². The van der Waals surface area contributed by atoms with Crippen molar-refractivity contribution in [2.45, 2.75) is 26.8 Å². The Kier molecular flexibility index (Phi) is 6.69. The minimum atomic E-state index is -0.608. The van der Waals surface area contributed by atoms with Gasteiger partial charge in [-0.25, -0.2) is 9.79 Å². The molecule has 1 aromatic carbocycles. The third kappa shape index (κ3) is 3.69. The number of aliphatic imine (C=N–C) groups is 1. The second-order valence-electron chi connectivity index (χ2n) is 4.31. The summed E-state index contributed by atoms with van der Waals surface area (Å²) in [7, 11) is 4.48. The van der Waals surface area contributed by atoms with Crippen molar-refractivity contribution in [1.29, 1.82) is 0 Å². The normalized spacial score (nSPS) is 15.9. The highest BCUT2D eigenvalue weighted by atomic mass is 16.5. The van der Waals surface area contributed by atoms with Crippen LogP contribution in [0.3, 0.4) is 0 Å².